The molecule has 0 spiro atoms. The Morgan fingerprint density at radius 1 is 1.18 bits per heavy atom. The fourth-order valence-electron chi connectivity index (χ4n) is 1.62. The molecule has 112 valence electrons. The molecule has 0 saturated carbocycles. The molecular weight excluding hydrogens is 280 g/mol. The van der Waals surface area contributed by atoms with Crippen LogP contribution < -0.4 is 10.1 Å². The van der Waals surface area contributed by atoms with Gasteiger partial charge in [0.2, 0.25) is 5.88 Å². The van der Waals surface area contributed by atoms with E-state index in [1.807, 2.05) is 30.3 Å². The Morgan fingerprint density at radius 3 is 2.77 bits per heavy atom. The van der Waals surface area contributed by atoms with Gasteiger partial charge in [-0.25, -0.2) is 9.78 Å². The van der Waals surface area contributed by atoms with Crippen molar-refractivity contribution in [1.82, 2.24) is 10.3 Å². The molecule has 22 heavy (non-hydrogen) atoms. The normalized spacial score (nSPS) is 9.32. The van der Waals surface area contributed by atoms with Gasteiger partial charge in [0, 0.05) is 6.07 Å². The highest BCUT2D eigenvalue weighted by molar-refractivity contribution is 5.67. The van der Waals surface area contributed by atoms with Gasteiger partial charge in [0.1, 0.15) is 12.3 Å². The van der Waals surface area contributed by atoms with Gasteiger partial charge in [0.05, 0.1) is 13.7 Å². The van der Waals surface area contributed by atoms with E-state index in [2.05, 4.69) is 22.1 Å². The molecule has 0 radical (unpaired) electrons. The lowest BCUT2D eigenvalue weighted by Gasteiger charge is -2.04. The Labute approximate surface area is 129 Å². The van der Waals surface area contributed by atoms with Crippen molar-refractivity contribution in [2.75, 3.05) is 13.7 Å². The van der Waals surface area contributed by atoms with E-state index in [9.17, 15) is 4.79 Å². The Hall–Kier alpha value is -3.00. The van der Waals surface area contributed by atoms with Crippen molar-refractivity contribution in [2.24, 2.45) is 0 Å². The molecule has 5 nitrogen and oxygen atoms in total. The Kier molecular flexibility index (Phi) is 5.82. The summed E-state index contributed by atoms with van der Waals surface area (Å²) in [6, 6.07) is 14.8. The number of nitrogens with zero attached hydrogens (tertiary/aromatic N) is 1. The monoisotopic (exact) mass is 296 g/mol. The van der Waals surface area contributed by atoms with Crippen LogP contribution in [-0.2, 0) is 11.3 Å². The highest BCUT2D eigenvalue weighted by Gasteiger charge is 2.00. The highest BCUT2D eigenvalue weighted by atomic mass is 16.5. The van der Waals surface area contributed by atoms with Crippen molar-refractivity contribution < 1.29 is 14.3 Å². The lowest BCUT2D eigenvalue weighted by atomic mass is 10.2. The number of carbonyl (C=O) groups excluding carboxylic acids is 1. The molecule has 1 heterocycles. The second kappa shape index (κ2) is 8.32. The lowest BCUT2D eigenvalue weighted by molar-refractivity contribution is 0.141. The molecule has 2 aromatic rings. The quantitative estimate of drug-likeness (QED) is 0.880. The van der Waals surface area contributed by atoms with Crippen molar-refractivity contribution >= 4 is 6.09 Å². The molecule has 0 aliphatic carbocycles. The van der Waals surface area contributed by atoms with Crippen LogP contribution >= 0.6 is 0 Å². The molecule has 1 N–H and O–H groups in total. The van der Waals surface area contributed by atoms with E-state index in [1.54, 1.807) is 25.3 Å². The molecule has 0 aliphatic heterocycles. The van der Waals surface area contributed by atoms with Gasteiger partial charge in [0.15, 0.2) is 0 Å². The minimum atomic E-state index is -0.503. The average Bonchev–Trinajstić information content (AvgIpc) is 2.58. The molecule has 0 unspecified atom stereocenters. The number of carbonyl (C=O) groups is 1. The molecule has 0 fully saturated rings. The summed E-state index contributed by atoms with van der Waals surface area (Å²) < 4.78 is 10.1. The Bertz CT molecular complexity index is 675. The first-order chi connectivity index (χ1) is 10.8. The second-order valence-corrected chi connectivity index (χ2v) is 4.28. The fraction of sp³-hybridized carbons (Fsp3) is 0.176. The smallest absolute Gasteiger partial charge is 0.408 e. The standard InChI is InChI=1S/C17H16N2O3/c1-21-16-11-5-9-15(19-16)10-6-12-18-17(20)22-13-14-7-3-2-4-8-14/h2-5,7-9,11H,12-13H2,1H3,(H,18,20). The van der Waals surface area contributed by atoms with Crippen molar-refractivity contribution in [2.45, 2.75) is 6.61 Å². The van der Waals surface area contributed by atoms with E-state index in [4.69, 9.17) is 9.47 Å². The number of hydrogen-bond donors (Lipinski definition) is 1. The maximum absolute atomic E-state index is 11.5. The number of benzene rings is 1. The summed E-state index contributed by atoms with van der Waals surface area (Å²) in [5.41, 5.74) is 1.52. The summed E-state index contributed by atoms with van der Waals surface area (Å²) in [5.74, 6) is 6.14. The summed E-state index contributed by atoms with van der Waals surface area (Å²) in [4.78, 5) is 15.6. The van der Waals surface area contributed by atoms with Crippen LogP contribution in [0, 0.1) is 11.8 Å². The van der Waals surface area contributed by atoms with Crippen molar-refractivity contribution in [1.29, 1.82) is 0 Å². The topological polar surface area (TPSA) is 60.5 Å². The zero-order valence-electron chi connectivity index (χ0n) is 12.2. The van der Waals surface area contributed by atoms with Crippen LogP contribution in [0.5, 0.6) is 5.88 Å². The zero-order chi connectivity index (χ0) is 15.6. The largest absolute Gasteiger partial charge is 0.481 e. The van der Waals surface area contributed by atoms with Gasteiger partial charge in [-0.1, -0.05) is 42.3 Å². The second-order valence-electron chi connectivity index (χ2n) is 4.28. The van der Waals surface area contributed by atoms with Crippen molar-refractivity contribution in [3.63, 3.8) is 0 Å². The van der Waals surface area contributed by atoms with Gasteiger partial charge in [-0.05, 0) is 17.6 Å². The number of amides is 1. The molecule has 0 saturated heterocycles. The number of pyridine rings is 1. The molecule has 0 aliphatic rings. The number of methoxy groups -OCH3 is 1. The predicted molar refractivity (Wildman–Crippen MR) is 82.3 cm³/mol. The molecule has 1 aromatic carbocycles. The summed E-state index contributed by atoms with van der Waals surface area (Å²) >= 11 is 0. The van der Waals surface area contributed by atoms with E-state index in [0.29, 0.717) is 11.6 Å². The number of ether oxygens (including phenoxy) is 2. The minimum Gasteiger partial charge on any atom is -0.481 e. The zero-order valence-corrected chi connectivity index (χ0v) is 12.2. The molecule has 0 bridgehead atoms. The van der Waals surface area contributed by atoms with Gasteiger partial charge in [0.25, 0.3) is 0 Å². The first-order valence-corrected chi connectivity index (χ1v) is 6.72. The van der Waals surface area contributed by atoms with E-state index in [1.165, 1.54) is 0 Å². The third kappa shape index (κ3) is 5.17. The maximum atomic E-state index is 11.5. The van der Waals surface area contributed by atoms with E-state index in [0.717, 1.165) is 5.56 Å². The van der Waals surface area contributed by atoms with Crippen LogP contribution in [0.2, 0.25) is 0 Å². The predicted octanol–water partition coefficient (Wildman–Crippen LogP) is 2.37. The van der Waals surface area contributed by atoms with Gasteiger partial charge in [-0.3, -0.25) is 0 Å². The summed E-state index contributed by atoms with van der Waals surface area (Å²) in [5, 5.41) is 2.56. The minimum absolute atomic E-state index is 0.187. The first kappa shape index (κ1) is 15.4. The Balaban J connectivity index is 1.74. The molecule has 5 heteroatoms. The summed E-state index contributed by atoms with van der Waals surface area (Å²) in [6.45, 7) is 0.421. The number of alkyl carbamates (subject to hydrolysis) is 1. The third-order valence-corrected chi connectivity index (χ3v) is 2.68. The van der Waals surface area contributed by atoms with Crippen LogP contribution in [0.1, 0.15) is 11.3 Å². The van der Waals surface area contributed by atoms with Crippen LogP contribution in [-0.4, -0.2) is 24.7 Å². The van der Waals surface area contributed by atoms with Gasteiger partial charge in [-0.2, -0.15) is 0 Å². The third-order valence-electron chi connectivity index (χ3n) is 2.68. The number of rotatable bonds is 4. The van der Waals surface area contributed by atoms with Crippen LogP contribution in [0.15, 0.2) is 48.5 Å². The highest BCUT2D eigenvalue weighted by Crippen LogP contribution is 2.05. The first-order valence-electron chi connectivity index (χ1n) is 6.72. The van der Waals surface area contributed by atoms with Gasteiger partial charge < -0.3 is 14.8 Å². The van der Waals surface area contributed by atoms with E-state index in [-0.39, 0.29) is 13.2 Å². The van der Waals surface area contributed by atoms with Crippen molar-refractivity contribution in [3.8, 4) is 17.7 Å². The Morgan fingerprint density at radius 2 is 2.00 bits per heavy atom. The number of hydrogen-bond acceptors (Lipinski definition) is 4. The SMILES string of the molecule is COc1cccc(C#CCNC(=O)OCc2ccccc2)n1. The van der Waals surface area contributed by atoms with Crippen LogP contribution in [0.4, 0.5) is 4.79 Å². The average molecular weight is 296 g/mol. The van der Waals surface area contributed by atoms with Gasteiger partial charge >= 0.3 is 6.09 Å². The van der Waals surface area contributed by atoms with E-state index >= 15 is 0 Å². The fourth-order valence-corrected chi connectivity index (χ4v) is 1.62. The lowest BCUT2D eigenvalue weighted by Crippen LogP contribution is -2.24. The summed E-state index contributed by atoms with van der Waals surface area (Å²) in [7, 11) is 1.55. The molecule has 1 aromatic heterocycles. The van der Waals surface area contributed by atoms with Crippen LogP contribution in [0.25, 0.3) is 0 Å². The molecule has 1 amide bonds. The number of nitrogens with one attached hydrogen (secondary N) is 1. The summed E-state index contributed by atoms with van der Waals surface area (Å²) in [6.07, 6.45) is -0.503. The van der Waals surface area contributed by atoms with E-state index < -0.39 is 6.09 Å². The van der Waals surface area contributed by atoms with Crippen molar-refractivity contribution in [3.05, 3.63) is 59.8 Å². The molecule has 0 atom stereocenters. The number of aromatic nitrogens is 1. The molecule has 2 rings (SSSR count). The maximum Gasteiger partial charge on any atom is 0.408 e. The van der Waals surface area contributed by atoms with Crippen LogP contribution in [0.3, 0.4) is 0 Å². The van der Waals surface area contributed by atoms with Gasteiger partial charge in [-0.15, -0.1) is 0 Å². The molecular formula is C17H16N2O3.